The molecule has 0 radical (unpaired) electrons. The molecule has 0 bridgehead atoms. The van der Waals surface area contributed by atoms with E-state index in [9.17, 15) is 13.2 Å². The highest BCUT2D eigenvalue weighted by Gasteiger charge is 2.45. The molecule has 0 saturated carbocycles. The summed E-state index contributed by atoms with van der Waals surface area (Å²) >= 11 is 0. The lowest BCUT2D eigenvalue weighted by atomic mass is 10.0. The third-order valence-electron chi connectivity index (χ3n) is 2.82. The Hall–Kier alpha value is -1.14. The van der Waals surface area contributed by atoms with Crippen LogP contribution in [-0.4, -0.2) is 35.2 Å². The second-order valence-corrected chi connectivity index (χ2v) is 4.29. The molecule has 1 aromatic rings. The molecule has 0 aliphatic rings. The maximum absolute atomic E-state index is 13.0. The topological polar surface area (TPSA) is 42.1 Å². The number of hydrogen-bond donors (Lipinski definition) is 1. The second-order valence-electron chi connectivity index (χ2n) is 4.29. The molecule has 1 rings (SSSR count). The zero-order valence-electron chi connectivity index (χ0n) is 10.5. The maximum atomic E-state index is 13.0. The van der Waals surface area contributed by atoms with Gasteiger partial charge in [-0.1, -0.05) is 13.0 Å². The van der Waals surface area contributed by atoms with E-state index in [1.165, 1.54) is 11.9 Å². The molecule has 6 heteroatoms. The van der Waals surface area contributed by atoms with Gasteiger partial charge in [0.2, 0.25) is 0 Å². The third kappa shape index (κ3) is 3.96. The summed E-state index contributed by atoms with van der Waals surface area (Å²) in [7, 11) is 1.42. The lowest BCUT2D eigenvalue weighted by Crippen LogP contribution is -2.54. The number of rotatable bonds is 5. The quantitative estimate of drug-likeness (QED) is 0.883. The average Bonchev–Trinajstić information content (AvgIpc) is 2.28. The molecule has 2 N–H and O–H groups in total. The molecule has 0 spiro atoms. The Kier molecular flexibility index (Phi) is 5.10. The van der Waals surface area contributed by atoms with Gasteiger partial charge >= 0.3 is 6.18 Å². The van der Waals surface area contributed by atoms with Crippen molar-refractivity contribution in [3.05, 3.63) is 30.1 Å². The summed E-state index contributed by atoms with van der Waals surface area (Å²) in [4.78, 5) is 5.22. The Morgan fingerprint density at radius 3 is 2.50 bits per heavy atom. The van der Waals surface area contributed by atoms with Crippen molar-refractivity contribution in [1.29, 1.82) is 0 Å². The van der Waals surface area contributed by atoms with Gasteiger partial charge in [0, 0.05) is 18.8 Å². The van der Waals surface area contributed by atoms with Crippen LogP contribution in [0.5, 0.6) is 0 Å². The van der Waals surface area contributed by atoms with E-state index in [4.69, 9.17) is 5.73 Å². The fourth-order valence-electron chi connectivity index (χ4n) is 1.89. The third-order valence-corrected chi connectivity index (χ3v) is 2.82. The van der Waals surface area contributed by atoms with Crippen LogP contribution in [0.3, 0.4) is 0 Å². The number of halogens is 3. The van der Waals surface area contributed by atoms with Crippen molar-refractivity contribution in [2.24, 2.45) is 5.73 Å². The van der Waals surface area contributed by atoms with Gasteiger partial charge in [-0.05, 0) is 25.6 Å². The number of likely N-dealkylation sites (N-methyl/N-ethyl adjacent to an activating group) is 1. The number of nitrogens with zero attached hydrogens (tertiary/aromatic N) is 2. The minimum absolute atomic E-state index is 0.124. The summed E-state index contributed by atoms with van der Waals surface area (Å²) in [6, 6.07) is 2.59. The number of alkyl halides is 3. The molecule has 1 heterocycles. The number of nitrogens with two attached hydrogens (primary N) is 1. The monoisotopic (exact) mass is 261 g/mol. The first kappa shape index (κ1) is 14.9. The van der Waals surface area contributed by atoms with Crippen LogP contribution in [-0.2, 0) is 6.54 Å². The van der Waals surface area contributed by atoms with Gasteiger partial charge in [0.25, 0.3) is 0 Å². The van der Waals surface area contributed by atoms with Gasteiger partial charge in [-0.2, -0.15) is 13.2 Å². The second kappa shape index (κ2) is 6.15. The van der Waals surface area contributed by atoms with Crippen LogP contribution in [0.1, 0.15) is 19.0 Å². The number of pyridine rings is 1. The molecule has 0 aliphatic carbocycles. The van der Waals surface area contributed by atoms with Crippen LogP contribution < -0.4 is 5.73 Å². The molecule has 3 nitrogen and oxygen atoms in total. The first-order valence-corrected chi connectivity index (χ1v) is 5.78. The van der Waals surface area contributed by atoms with Crippen LogP contribution in [0, 0.1) is 0 Å². The van der Waals surface area contributed by atoms with Gasteiger partial charge in [0.05, 0.1) is 5.69 Å². The van der Waals surface area contributed by atoms with E-state index in [1.807, 2.05) is 0 Å². The van der Waals surface area contributed by atoms with E-state index < -0.39 is 18.3 Å². The summed E-state index contributed by atoms with van der Waals surface area (Å²) in [6.07, 6.45) is -2.50. The number of aromatic nitrogens is 1. The minimum atomic E-state index is -4.33. The highest BCUT2D eigenvalue weighted by Crippen LogP contribution is 2.27. The van der Waals surface area contributed by atoms with Crippen molar-refractivity contribution in [2.45, 2.75) is 38.1 Å². The predicted octanol–water partition coefficient (Wildman–Crippen LogP) is 2.18. The lowest BCUT2D eigenvalue weighted by molar-refractivity contribution is -0.187. The molecule has 2 atom stereocenters. The van der Waals surface area contributed by atoms with Gasteiger partial charge < -0.3 is 5.73 Å². The Morgan fingerprint density at radius 1 is 1.39 bits per heavy atom. The molecule has 0 aliphatic heterocycles. The maximum Gasteiger partial charge on any atom is 0.405 e. The van der Waals surface area contributed by atoms with Crippen molar-refractivity contribution in [3.63, 3.8) is 0 Å². The Morgan fingerprint density at radius 2 is 2.06 bits per heavy atom. The molecule has 0 aromatic carbocycles. The zero-order valence-corrected chi connectivity index (χ0v) is 10.5. The Labute approximate surface area is 105 Å². The standard InChI is InChI=1S/C12H18F3N3/c1-3-10(16)11(12(13,14)15)18(2)8-9-6-4-5-7-17-9/h4-7,10-11H,3,8,16H2,1-2H3. The molecule has 0 amide bonds. The highest BCUT2D eigenvalue weighted by atomic mass is 19.4. The largest absolute Gasteiger partial charge is 0.405 e. The van der Waals surface area contributed by atoms with E-state index in [1.54, 1.807) is 31.3 Å². The van der Waals surface area contributed by atoms with Crippen molar-refractivity contribution >= 4 is 0 Å². The summed E-state index contributed by atoms with van der Waals surface area (Å²) in [5.41, 5.74) is 6.17. The van der Waals surface area contributed by atoms with Crippen LogP contribution in [0.2, 0.25) is 0 Å². The van der Waals surface area contributed by atoms with Gasteiger partial charge in [0.15, 0.2) is 0 Å². The normalized spacial score (nSPS) is 15.7. The van der Waals surface area contributed by atoms with E-state index in [0.29, 0.717) is 5.69 Å². The first-order chi connectivity index (χ1) is 8.36. The molecular formula is C12H18F3N3. The van der Waals surface area contributed by atoms with Gasteiger partial charge in [-0.25, -0.2) is 0 Å². The predicted molar refractivity (Wildman–Crippen MR) is 63.8 cm³/mol. The minimum Gasteiger partial charge on any atom is -0.326 e. The van der Waals surface area contributed by atoms with Crippen LogP contribution >= 0.6 is 0 Å². The van der Waals surface area contributed by atoms with Crippen LogP contribution in [0.4, 0.5) is 13.2 Å². The van der Waals surface area contributed by atoms with E-state index in [2.05, 4.69) is 4.98 Å². The van der Waals surface area contributed by atoms with E-state index in [-0.39, 0.29) is 13.0 Å². The molecule has 18 heavy (non-hydrogen) atoms. The fourth-order valence-corrected chi connectivity index (χ4v) is 1.89. The average molecular weight is 261 g/mol. The molecule has 2 unspecified atom stereocenters. The first-order valence-electron chi connectivity index (χ1n) is 5.78. The summed E-state index contributed by atoms with van der Waals surface area (Å²) in [5, 5.41) is 0. The molecule has 1 aromatic heterocycles. The van der Waals surface area contributed by atoms with E-state index in [0.717, 1.165) is 0 Å². The van der Waals surface area contributed by atoms with Crippen molar-refractivity contribution in [2.75, 3.05) is 7.05 Å². The van der Waals surface area contributed by atoms with Crippen molar-refractivity contribution in [1.82, 2.24) is 9.88 Å². The fraction of sp³-hybridized carbons (Fsp3) is 0.583. The van der Waals surface area contributed by atoms with Crippen molar-refractivity contribution < 1.29 is 13.2 Å². The van der Waals surface area contributed by atoms with Crippen LogP contribution in [0.25, 0.3) is 0 Å². The SMILES string of the molecule is CCC(N)C(N(C)Cc1ccccn1)C(F)(F)F. The van der Waals surface area contributed by atoms with Crippen molar-refractivity contribution in [3.8, 4) is 0 Å². The van der Waals surface area contributed by atoms with Gasteiger partial charge in [0.1, 0.15) is 6.04 Å². The van der Waals surface area contributed by atoms with Crippen LogP contribution in [0.15, 0.2) is 24.4 Å². The lowest BCUT2D eigenvalue weighted by Gasteiger charge is -2.33. The summed E-state index contributed by atoms with van der Waals surface area (Å²) < 4.78 is 38.9. The van der Waals surface area contributed by atoms with Gasteiger partial charge in [-0.3, -0.25) is 9.88 Å². The molecular weight excluding hydrogens is 243 g/mol. The summed E-state index contributed by atoms with van der Waals surface area (Å²) in [6.45, 7) is 1.77. The Balaban J connectivity index is 2.80. The molecule has 0 fully saturated rings. The Bertz CT molecular complexity index is 353. The molecule has 102 valence electrons. The summed E-state index contributed by atoms with van der Waals surface area (Å²) in [5.74, 6) is 0. The highest BCUT2D eigenvalue weighted by molar-refractivity contribution is 5.04. The smallest absolute Gasteiger partial charge is 0.326 e. The van der Waals surface area contributed by atoms with Gasteiger partial charge in [-0.15, -0.1) is 0 Å². The van der Waals surface area contributed by atoms with E-state index >= 15 is 0 Å². The number of hydrogen-bond acceptors (Lipinski definition) is 3. The molecule has 0 saturated heterocycles. The zero-order chi connectivity index (χ0) is 13.8.